The summed E-state index contributed by atoms with van der Waals surface area (Å²) in [5.74, 6) is -1.50. The van der Waals surface area contributed by atoms with Gasteiger partial charge in [0.15, 0.2) is 11.5 Å². The molecule has 7 nitrogen and oxygen atoms in total. The average molecular weight is 420 g/mol. The number of carbonyl (C=O) groups excluding carboxylic acids is 2. The van der Waals surface area contributed by atoms with Gasteiger partial charge >= 0.3 is 0 Å². The Bertz CT molecular complexity index is 1050. The molecule has 1 saturated carbocycles. The van der Waals surface area contributed by atoms with Gasteiger partial charge < -0.3 is 10.0 Å². The van der Waals surface area contributed by atoms with Crippen LogP contribution in [-0.4, -0.2) is 33.2 Å². The molecule has 2 aromatic rings. The van der Waals surface area contributed by atoms with Crippen LogP contribution in [0.3, 0.4) is 0 Å². The fraction of sp³-hybridized carbons (Fsp3) is 0.333. The molecule has 1 aliphatic carbocycles. The van der Waals surface area contributed by atoms with Crippen LogP contribution >= 0.6 is 0 Å². The summed E-state index contributed by atoms with van der Waals surface area (Å²) in [7, 11) is 0. The summed E-state index contributed by atoms with van der Waals surface area (Å²) >= 11 is 0. The molecule has 1 aliphatic heterocycles. The molecule has 160 valence electrons. The summed E-state index contributed by atoms with van der Waals surface area (Å²) in [6.45, 7) is 1.68. The molecule has 2 aliphatic rings. The Labute approximate surface area is 180 Å². The maximum Gasteiger partial charge on any atom is 0.290 e. The molecule has 0 spiro atoms. The van der Waals surface area contributed by atoms with Crippen LogP contribution in [0.15, 0.2) is 65.9 Å². The minimum atomic E-state index is -0.771. The van der Waals surface area contributed by atoms with Crippen molar-refractivity contribution in [1.82, 2.24) is 4.90 Å². The lowest BCUT2D eigenvalue weighted by Gasteiger charge is -2.37. The standard InChI is InChI=1S/C24H24N2O5/c1-16(27)20-21(17-9-11-19(12-10-17)26(30)31)25(23(29)22(20)28)15-24(13-5-6-14-24)18-7-3-2-4-8-18/h2-4,7-12,21,28H,5-6,13-15H2,1H3. The van der Waals surface area contributed by atoms with Gasteiger partial charge in [-0.25, -0.2) is 0 Å². The monoisotopic (exact) mass is 420 g/mol. The number of nitrogens with zero attached hydrogens (tertiary/aromatic N) is 2. The molecule has 4 rings (SSSR count). The molecular weight excluding hydrogens is 396 g/mol. The van der Waals surface area contributed by atoms with Crippen LogP contribution in [-0.2, 0) is 15.0 Å². The lowest BCUT2D eigenvalue weighted by molar-refractivity contribution is -0.384. The topological polar surface area (TPSA) is 101 Å². The van der Waals surface area contributed by atoms with Crippen LogP contribution < -0.4 is 0 Å². The second-order valence-corrected chi connectivity index (χ2v) is 8.36. The SMILES string of the molecule is CC(=O)C1=C(O)C(=O)N(CC2(c3ccccc3)CCCC2)C1c1ccc([N+](=O)[O-])cc1. The molecule has 1 amide bonds. The van der Waals surface area contributed by atoms with E-state index in [2.05, 4.69) is 12.1 Å². The number of non-ortho nitro benzene ring substituents is 1. The van der Waals surface area contributed by atoms with Crippen LogP contribution in [0.25, 0.3) is 0 Å². The highest BCUT2D eigenvalue weighted by Gasteiger charge is 2.47. The molecular formula is C24H24N2O5. The van der Waals surface area contributed by atoms with Crippen molar-refractivity contribution in [3.8, 4) is 0 Å². The predicted octanol–water partition coefficient (Wildman–Crippen LogP) is 4.39. The number of hydrogen-bond donors (Lipinski definition) is 1. The smallest absolute Gasteiger partial charge is 0.290 e. The molecule has 0 saturated heterocycles. The minimum absolute atomic E-state index is 0.0417. The number of nitro benzene ring substituents is 1. The lowest BCUT2D eigenvalue weighted by atomic mass is 9.78. The Balaban J connectivity index is 1.77. The van der Waals surface area contributed by atoms with Gasteiger partial charge in [0, 0.05) is 24.1 Å². The highest BCUT2D eigenvalue weighted by Crippen LogP contribution is 2.46. The first kappa shape index (κ1) is 20.8. The molecule has 31 heavy (non-hydrogen) atoms. The maximum absolute atomic E-state index is 13.1. The van der Waals surface area contributed by atoms with E-state index in [4.69, 9.17) is 0 Å². The average Bonchev–Trinajstić information content (AvgIpc) is 3.34. The van der Waals surface area contributed by atoms with Gasteiger partial charge in [-0.2, -0.15) is 0 Å². The zero-order valence-electron chi connectivity index (χ0n) is 17.3. The fourth-order valence-corrected chi connectivity index (χ4v) is 5.01. The summed E-state index contributed by atoms with van der Waals surface area (Å²) in [5.41, 5.74) is 1.41. The van der Waals surface area contributed by atoms with Crippen LogP contribution in [0.4, 0.5) is 5.69 Å². The Kier molecular flexibility index (Phi) is 5.35. The van der Waals surface area contributed by atoms with E-state index < -0.39 is 28.4 Å². The minimum Gasteiger partial charge on any atom is -0.503 e. The number of amides is 1. The normalized spacial score (nSPS) is 20.4. The maximum atomic E-state index is 13.1. The van der Waals surface area contributed by atoms with Crippen molar-refractivity contribution in [3.05, 3.63) is 87.2 Å². The molecule has 1 heterocycles. The van der Waals surface area contributed by atoms with Gasteiger partial charge in [0.2, 0.25) is 0 Å². The van der Waals surface area contributed by atoms with Crippen molar-refractivity contribution in [2.45, 2.75) is 44.1 Å². The van der Waals surface area contributed by atoms with Gasteiger partial charge in [-0.15, -0.1) is 0 Å². The summed E-state index contributed by atoms with van der Waals surface area (Å²) in [6, 6.07) is 15.1. The molecule has 7 heteroatoms. The van der Waals surface area contributed by atoms with Gasteiger partial charge in [0.1, 0.15) is 0 Å². The van der Waals surface area contributed by atoms with Crippen molar-refractivity contribution < 1.29 is 19.6 Å². The van der Waals surface area contributed by atoms with Crippen molar-refractivity contribution in [3.63, 3.8) is 0 Å². The number of benzene rings is 2. The van der Waals surface area contributed by atoms with E-state index in [9.17, 15) is 24.8 Å². The molecule has 1 unspecified atom stereocenters. The summed E-state index contributed by atoms with van der Waals surface area (Å²) in [4.78, 5) is 37.6. The van der Waals surface area contributed by atoms with E-state index in [0.29, 0.717) is 12.1 Å². The van der Waals surface area contributed by atoms with Crippen LogP contribution in [0.2, 0.25) is 0 Å². The molecule has 1 N–H and O–H groups in total. The van der Waals surface area contributed by atoms with Gasteiger partial charge in [0.25, 0.3) is 11.6 Å². The summed E-state index contributed by atoms with van der Waals surface area (Å²) in [6.07, 6.45) is 3.89. The number of aliphatic hydroxyl groups excluding tert-OH is 1. The molecule has 1 fully saturated rings. The third kappa shape index (κ3) is 3.60. The highest BCUT2D eigenvalue weighted by molar-refractivity contribution is 6.08. The van der Waals surface area contributed by atoms with Gasteiger partial charge in [-0.05, 0) is 43.0 Å². The van der Waals surface area contributed by atoms with Gasteiger partial charge in [0.05, 0.1) is 16.5 Å². The van der Waals surface area contributed by atoms with Crippen molar-refractivity contribution in [2.75, 3.05) is 6.54 Å². The number of hydrogen-bond acceptors (Lipinski definition) is 5. The lowest BCUT2D eigenvalue weighted by Crippen LogP contribution is -2.42. The van der Waals surface area contributed by atoms with Gasteiger partial charge in [-0.3, -0.25) is 19.7 Å². The molecule has 0 bridgehead atoms. The van der Waals surface area contributed by atoms with E-state index in [1.54, 1.807) is 17.0 Å². The first-order valence-electron chi connectivity index (χ1n) is 10.4. The van der Waals surface area contributed by atoms with Crippen LogP contribution in [0.5, 0.6) is 0 Å². The molecule has 0 aromatic heterocycles. The third-order valence-electron chi connectivity index (χ3n) is 6.52. The number of carbonyl (C=O) groups is 2. The number of rotatable bonds is 6. The van der Waals surface area contributed by atoms with Crippen molar-refractivity contribution in [2.24, 2.45) is 0 Å². The number of Topliss-reactive ketones (excluding diaryl/α,β-unsaturated/α-hetero) is 1. The van der Waals surface area contributed by atoms with E-state index in [1.165, 1.54) is 19.1 Å². The first-order chi connectivity index (χ1) is 14.8. The highest BCUT2D eigenvalue weighted by atomic mass is 16.6. The Morgan fingerprint density at radius 2 is 1.74 bits per heavy atom. The quantitative estimate of drug-likeness (QED) is 0.552. The van der Waals surface area contributed by atoms with E-state index in [-0.39, 0.29) is 16.7 Å². The van der Waals surface area contributed by atoms with Crippen LogP contribution in [0.1, 0.15) is 49.8 Å². The third-order valence-corrected chi connectivity index (χ3v) is 6.52. The zero-order chi connectivity index (χ0) is 22.2. The molecule has 0 radical (unpaired) electrons. The van der Waals surface area contributed by atoms with E-state index in [1.807, 2.05) is 18.2 Å². The largest absolute Gasteiger partial charge is 0.503 e. The number of nitro groups is 1. The Morgan fingerprint density at radius 3 is 2.29 bits per heavy atom. The zero-order valence-corrected chi connectivity index (χ0v) is 17.3. The predicted molar refractivity (Wildman–Crippen MR) is 114 cm³/mol. The second kappa shape index (κ2) is 7.98. The van der Waals surface area contributed by atoms with Crippen molar-refractivity contribution in [1.29, 1.82) is 0 Å². The van der Waals surface area contributed by atoms with Crippen molar-refractivity contribution >= 4 is 17.4 Å². The fourth-order valence-electron chi connectivity index (χ4n) is 5.01. The Morgan fingerprint density at radius 1 is 1.13 bits per heavy atom. The van der Waals surface area contributed by atoms with Gasteiger partial charge in [-0.1, -0.05) is 43.2 Å². The summed E-state index contributed by atoms with van der Waals surface area (Å²) < 4.78 is 0. The Hall–Kier alpha value is -3.48. The first-order valence-corrected chi connectivity index (χ1v) is 10.4. The summed E-state index contributed by atoms with van der Waals surface area (Å²) in [5, 5.41) is 21.6. The van der Waals surface area contributed by atoms with E-state index in [0.717, 1.165) is 31.2 Å². The number of aliphatic hydroxyl groups is 1. The second-order valence-electron chi connectivity index (χ2n) is 8.36. The van der Waals surface area contributed by atoms with E-state index >= 15 is 0 Å². The molecule has 1 atom stereocenters. The van der Waals surface area contributed by atoms with Crippen LogP contribution in [0, 0.1) is 10.1 Å². The molecule has 2 aromatic carbocycles. The number of ketones is 1.